The Morgan fingerprint density at radius 3 is 1.80 bits per heavy atom. The first-order valence-corrected chi connectivity index (χ1v) is 4.43. The molecule has 1 unspecified atom stereocenters. The monoisotopic (exact) mass is 222 g/mol. The van der Waals surface area contributed by atoms with Gasteiger partial charge in [0, 0.05) is 0 Å². The van der Waals surface area contributed by atoms with Crippen molar-refractivity contribution in [1.82, 2.24) is 0 Å². The van der Waals surface area contributed by atoms with Crippen LogP contribution in [-0.4, -0.2) is 45.6 Å². The summed E-state index contributed by atoms with van der Waals surface area (Å²) in [6.45, 7) is 5.99. The number of carboxylic acid groups (broad SMARTS) is 1. The second-order valence-corrected chi connectivity index (χ2v) is 3.29. The molecular weight excluding hydrogens is 204 g/mol. The van der Waals surface area contributed by atoms with Crippen molar-refractivity contribution < 1.29 is 29.6 Å². The standard InChI is InChI=1S/C6H12O3.C3H6O3/c1-4-9-5(7)6(2,3)8;1-2(4)3(5)6/h8H,4H2,1-3H3;2,4H,1H3,(H,5,6). The van der Waals surface area contributed by atoms with E-state index in [4.69, 9.17) is 15.3 Å². The number of aliphatic carboxylic acids is 1. The third kappa shape index (κ3) is 10.8. The van der Waals surface area contributed by atoms with Gasteiger partial charge in [0.25, 0.3) is 0 Å². The largest absolute Gasteiger partial charge is 0.479 e. The van der Waals surface area contributed by atoms with Crippen LogP contribution >= 0.6 is 0 Å². The molecule has 6 heteroatoms. The van der Waals surface area contributed by atoms with E-state index < -0.39 is 23.6 Å². The number of carbonyl (C=O) groups excluding carboxylic acids is 1. The Bertz CT molecular complexity index is 203. The normalized spacial score (nSPS) is 12.1. The maximum atomic E-state index is 10.6. The number of hydrogen-bond donors (Lipinski definition) is 3. The van der Waals surface area contributed by atoms with E-state index in [-0.39, 0.29) is 0 Å². The van der Waals surface area contributed by atoms with E-state index in [9.17, 15) is 9.59 Å². The topological polar surface area (TPSA) is 104 Å². The zero-order chi connectivity index (χ0) is 12.6. The van der Waals surface area contributed by atoms with E-state index in [1.165, 1.54) is 20.8 Å². The van der Waals surface area contributed by atoms with E-state index in [0.29, 0.717) is 6.61 Å². The Morgan fingerprint density at radius 2 is 1.73 bits per heavy atom. The van der Waals surface area contributed by atoms with Gasteiger partial charge in [-0.2, -0.15) is 0 Å². The summed E-state index contributed by atoms with van der Waals surface area (Å²) in [5, 5.41) is 24.7. The first-order valence-electron chi connectivity index (χ1n) is 4.43. The first kappa shape index (κ1) is 16.3. The predicted molar refractivity (Wildman–Crippen MR) is 52.2 cm³/mol. The van der Waals surface area contributed by atoms with E-state index in [1.54, 1.807) is 6.92 Å². The SMILES string of the molecule is CC(O)C(=O)O.CCOC(=O)C(C)(C)O. The number of aliphatic hydroxyl groups is 2. The fourth-order valence-corrected chi connectivity index (χ4v) is 0.308. The van der Waals surface area contributed by atoms with Gasteiger partial charge in [0.15, 0.2) is 5.60 Å². The molecule has 0 aromatic heterocycles. The Morgan fingerprint density at radius 1 is 1.40 bits per heavy atom. The Kier molecular flexibility index (Phi) is 7.81. The van der Waals surface area contributed by atoms with E-state index in [2.05, 4.69) is 4.74 Å². The molecular formula is C9H18O6. The molecule has 0 amide bonds. The summed E-state index contributed by atoms with van der Waals surface area (Å²) in [4.78, 5) is 20.0. The number of ether oxygens (including phenoxy) is 1. The molecule has 0 heterocycles. The van der Waals surface area contributed by atoms with Crippen LogP contribution in [-0.2, 0) is 14.3 Å². The highest BCUT2D eigenvalue weighted by atomic mass is 16.5. The summed E-state index contributed by atoms with van der Waals surface area (Å²) < 4.78 is 4.52. The highest BCUT2D eigenvalue weighted by Crippen LogP contribution is 2.02. The number of carbonyl (C=O) groups is 2. The summed E-state index contributed by atoms with van der Waals surface area (Å²) >= 11 is 0. The Labute approximate surface area is 88.5 Å². The van der Waals surface area contributed by atoms with Crippen molar-refractivity contribution >= 4 is 11.9 Å². The van der Waals surface area contributed by atoms with Crippen molar-refractivity contribution in [3.63, 3.8) is 0 Å². The third-order valence-corrected chi connectivity index (χ3v) is 1.13. The summed E-state index contributed by atoms with van der Waals surface area (Å²) in [5.41, 5.74) is -1.35. The van der Waals surface area contributed by atoms with Crippen molar-refractivity contribution in [1.29, 1.82) is 0 Å². The van der Waals surface area contributed by atoms with E-state index >= 15 is 0 Å². The maximum Gasteiger partial charge on any atom is 0.337 e. The minimum atomic E-state index is -1.35. The van der Waals surface area contributed by atoms with Crippen LogP contribution in [0.5, 0.6) is 0 Å². The van der Waals surface area contributed by atoms with Gasteiger partial charge in [-0.1, -0.05) is 0 Å². The number of rotatable bonds is 3. The van der Waals surface area contributed by atoms with Gasteiger partial charge in [0.1, 0.15) is 6.10 Å². The summed E-state index contributed by atoms with van der Waals surface area (Å²) in [6.07, 6.45) is -1.23. The van der Waals surface area contributed by atoms with Crippen LogP contribution < -0.4 is 0 Å². The number of aliphatic hydroxyl groups excluding tert-OH is 1. The molecule has 6 nitrogen and oxygen atoms in total. The van der Waals surface area contributed by atoms with Gasteiger partial charge in [0.05, 0.1) is 6.61 Å². The van der Waals surface area contributed by atoms with Crippen LogP contribution in [0, 0.1) is 0 Å². The molecule has 0 spiro atoms. The van der Waals surface area contributed by atoms with Gasteiger partial charge in [-0.3, -0.25) is 0 Å². The smallest absolute Gasteiger partial charge is 0.337 e. The van der Waals surface area contributed by atoms with Crippen molar-refractivity contribution in [2.75, 3.05) is 6.61 Å². The lowest BCUT2D eigenvalue weighted by Crippen LogP contribution is -2.32. The lowest BCUT2D eigenvalue weighted by Gasteiger charge is -2.13. The van der Waals surface area contributed by atoms with Crippen LogP contribution in [0.2, 0.25) is 0 Å². The lowest BCUT2D eigenvalue weighted by molar-refractivity contribution is -0.161. The van der Waals surface area contributed by atoms with Crippen LogP contribution in [0.15, 0.2) is 0 Å². The summed E-state index contributed by atoms with van der Waals surface area (Å²) in [6, 6.07) is 0. The molecule has 1 atom stereocenters. The fourth-order valence-electron chi connectivity index (χ4n) is 0.308. The molecule has 90 valence electrons. The highest BCUT2D eigenvalue weighted by Gasteiger charge is 2.24. The zero-order valence-electron chi connectivity index (χ0n) is 9.35. The maximum absolute atomic E-state index is 10.6. The molecule has 0 saturated carbocycles. The average Bonchev–Trinajstić information content (AvgIpc) is 2.03. The molecule has 0 aliphatic rings. The van der Waals surface area contributed by atoms with Crippen LogP contribution in [0.1, 0.15) is 27.7 Å². The quantitative estimate of drug-likeness (QED) is 0.570. The van der Waals surface area contributed by atoms with Gasteiger partial charge in [0.2, 0.25) is 0 Å². The number of hydrogen-bond acceptors (Lipinski definition) is 5. The molecule has 0 saturated heterocycles. The molecule has 0 rings (SSSR count). The second kappa shape index (κ2) is 7.19. The molecule has 0 fully saturated rings. The van der Waals surface area contributed by atoms with Crippen LogP contribution in [0.4, 0.5) is 0 Å². The van der Waals surface area contributed by atoms with Crippen LogP contribution in [0.25, 0.3) is 0 Å². The van der Waals surface area contributed by atoms with Crippen molar-refractivity contribution in [3.05, 3.63) is 0 Å². The molecule has 0 bridgehead atoms. The Hall–Kier alpha value is -1.14. The van der Waals surface area contributed by atoms with Gasteiger partial charge >= 0.3 is 11.9 Å². The summed E-state index contributed by atoms with van der Waals surface area (Å²) in [7, 11) is 0. The molecule has 3 N–H and O–H groups in total. The van der Waals surface area contributed by atoms with Crippen molar-refractivity contribution in [3.8, 4) is 0 Å². The number of carboxylic acids is 1. The first-order chi connectivity index (χ1) is 6.62. The van der Waals surface area contributed by atoms with Crippen molar-refractivity contribution in [2.45, 2.75) is 39.4 Å². The molecule has 0 aliphatic heterocycles. The molecule has 0 aliphatic carbocycles. The zero-order valence-corrected chi connectivity index (χ0v) is 9.35. The third-order valence-electron chi connectivity index (χ3n) is 1.13. The highest BCUT2D eigenvalue weighted by molar-refractivity contribution is 5.78. The van der Waals surface area contributed by atoms with Crippen LogP contribution in [0.3, 0.4) is 0 Å². The number of esters is 1. The van der Waals surface area contributed by atoms with Gasteiger partial charge in [-0.05, 0) is 27.7 Å². The van der Waals surface area contributed by atoms with Crippen molar-refractivity contribution in [2.24, 2.45) is 0 Å². The molecule has 0 aromatic carbocycles. The second-order valence-electron chi connectivity index (χ2n) is 3.29. The Balaban J connectivity index is 0. The van der Waals surface area contributed by atoms with Gasteiger partial charge in [-0.25, -0.2) is 9.59 Å². The van der Waals surface area contributed by atoms with Gasteiger partial charge in [-0.15, -0.1) is 0 Å². The minimum Gasteiger partial charge on any atom is -0.479 e. The van der Waals surface area contributed by atoms with Gasteiger partial charge < -0.3 is 20.1 Å². The fraction of sp³-hybridized carbons (Fsp3) is 0.778. The lowest BCUT2D eigenvalue weighted by atomic mass is 10.1. The predicted octanol–water partition coefficient (Wildman–Crippen LogP) is -0.228. The average molecular weight is 222 g/mol. The van der Waals surface area contributed by atoms with E-state index in [0.717, 1.165) is 0 Å². The molecule has 0 aromatic rings. The van der Waals surface area contributed by atoms with E-state index in [1.807, 2.05) is 0 Å². The summed E-state index contributed by atoms with van der Waals surface area (Å²) in [5.74, 6) is -1.76. The molecule has 0 radical (unpaired) electrons. The molecule has 15 heavy (non-hydrogen) atoms. The minimum absolute atomic E-state index is 0.308.